The quantitative estimate of drug-likeness (QED) is 0.835. The van der Waals surface area contributed by atoms with Gasteiger partial charge in [0.15, 0.2) is 6.10 Å². The van der Waals surface area contributed by atoms with E-state index >= 15 is 0 Å². The molecule has 1 unspecified atom stereocenters. The molecule has 1 aromatic rings. The van der Waals surface area contributed by atoms with Crippen molar-refractivity contribution in [3.05, 3.63) is 29.3 Å². The Morgan fingerprint density at radius 1 is 1.65 bits per heavy atom. The van der Waals surface area contributed by atoms with E-state index in [4.69, 9.17) is 15.6 Å². The van der Waals surface area contributed by atoms with E-state index in [-0.39, 0.29) is 6.04 Å². The van der Waals surface area contributed by atoms with E-state index in [1.807, 2.05) is 12.1 Å². The number of carbonyl (C=O) groups is 1. The van der Waals surface area contributed by atoms with Crippen LogP contribution in [-0.4, -0.2) is 17.2 Å². The molecular formula is C13H17NO3. The maximum absolute atomic E-state index is 10.9. The Balaban J connectivity index is 2.16. The molecule has 0 radical (unpaired) electrons. The fourth-order valence-electron chi connectivity index (χ4n) is 2.17. The molecule has 92 valence electrons. The van der Waals surface area contributed by atoms with Gasteiger partial charge in [0.1, 0.15) is 5.75 Å². The molecule has 0 amide bonds. The van der Waals surface area contributed by atoms with Crippen LogP contribution in [0.2, 0.25) is 0 Å². The lowest BCUT2D eigenvalue weighted by Gasteiger charge is -2.14. The Morgan fingerprint density at radius 2 is 2.41 bits per heavy atom. The summed E-state index contributed by atoms with van der Waals surface area (Å²) in [5.74, 6) is -0.309. The van der Waals surface area contributed by atoms with Crippen LogP contribution in [-0.2, 0) is 11.2 Å². The first kappa shape index (κ1) is 11.9. The molecule has 1 aliphatic rings. The van der Waals surface area contributed by atoms with Crippen LogP contribution in [0.4, 0.5) is 0 Å². The first-order chi connectivity index (χ1) is 8.11. The number of aliphatic carboxylic acids is 1. The molecule has 2 rings (SSSR count). The zero-order valence-electron chi connectivity index (χ0n) is 9.85. The van der Waals surface area contributed by atoms with E-state index in [1.165, 1.54) is 5.56 Å². The molecule has 0 saturated carbocycles. The third-order valence-corrected chi connectivity index (χ3v) is 3.16. The number of aryl methyl sites for hydroxylation is 1. The molecule has 0 saturated heterocycles. The molecule has 17 heavy (non-hydrogen) atoms. The van der Waals surface area contributed by atoms with Crippen LogP contribution in [0, 0.1) is 0 Å². The minimum absolute atomic E-state index is 0.112. The first-order valence-corrected chi connectivity index (χ1v) is 5.89. The predicted molar refractivity (Wildman–Crippen MR) is 64.0 cm³/mol. The molecule has 3 N–H and O–H groups in total. The lowest BCUT2D eigenvalue weighted by Crippen LogP contribution is -2.25. The molecule has 0 aliphatic heterocycles. The molecule has 0 heterocycles. The number of ether oxygens (including phenoxy) is 1. The van der Waals surface area contributed by atoms with Crippen molar-refractivity contribution in [3.63, 3.8) is 0 Å². The summed E-state index contributed by atoms with van der Waals surface area (Å²) in [5.41, 5.74) is 8.27. The van der Waals surface area contributed by atoms with Gasteiger partial charge in [-0.1, -0.05) is 13.0 Å². The second-order valence-corrected chi connectivity index (χ2v) is 4.36. The van der Waals surface area contributed by atoms with Gasteiger partial charge in [0.05, 0.1) is 0 Å². The van der Waals surface area contributed by atoms with Gasteiger partial charge in [0.25, 0.3) is 0 Å². The summed E-state index contributed by atoms with van der Waals surface area (Å²) in [7, 11) is 0. The minimum Gasteiger partial charge on any atom is -0.479 e. The van der Waals surface area contributed by atoms with Gasteiger partial charge in [-0.15, -0.1) is 0 Å². The van der Waals surface area contributed by atoms with E-state index in [9.17, 15) is 4.79 Å². The number of rotatable bonds is 4. The maximum Gasteiger partial charge on any atom is 0.344 e. The van der Waals surface area contributed by atoms with Crippen molar-refractivity contribution in [1.29, 1.82) is 0 Å². The summed E-state index contributed by atoms with van der Waals surface area (Å²) in [4.78, 5) is 10.9. The van der Waals surface area contributed by atoms with Gasteiger partial charge >= 0.3 is 5.97 Å². The van der Waals surface area contributed by atoms with Crippen molar-refractivity contribution >= 4 is 5.97 Å². The summed E-state index contributed by atoms with van der Waals surface area (Å²) >= 11 is 0. The number of fused-ring (bicyclic) bond motifs is 1. The zero-order chi connectivity index (χ0) is 12.4. The van der Waals surface area contributed by atoms with Gasteiger partial charge < -0.3 is 15.6 Å². The van der Waals surface area contributed by atoms with E-state index in [2.05, 4.69) is 0 Å². The average Bonchev–Trinajstić information content (AvgIpc) is 2.67. The molecule has 0 fully saturated rings. The van der Waals surface area contributed by atoms with Crippen molar-refractivity contribution in [2.75, 3.05) is 0 Å². The maximum atomic E-state index is 10.9. The monoisotopic (exact) mass is 235 g/mol. The second-order valence-electron chi connectivity index (χ2n) is 4.36. The minimum atomic E-state index is -0.926. The molecule has 0 spiro atoms. The summed E-state index contributed by atoms with van der Waals surface area (Å²) in [6, 6.07) is 5.76. The molecule has 0 bridgehead atoms. The summed E-state index contributed by atoms with van der Waals surface area (Å²) in [5, 5.41) is 8.93. The lowest BCUT2D eigenvalue weighted by molar-refractivity contribution is -0.145. The highest BCUT2D eigenvalue weighted by atomic mass is 16.5. The number of carboxylic acids is 1. The zero-order valence-corrected chi connectivity index (χ0v) is 9.85. The number of hydrogen-bond donors (Lipinski definition) is 2. The van der Waals surface area contributed by atoms with Gasteiger partial charge in [-0.2, -0.15) is 0 Å². The highest BCUT2D eigenvalue weighted by molar-refractivity contribution is 5.72. The fourth-order valence-corrected chi connectivity index (χ4v) is 2.17. The van der Waals surface area contributed by atoms with E-state index in [0.717, 1.165) is 18.4 Å². The highest BCUT2D eigenvalue weighted by Gasteiger charge is 2.21. The van der Waals surface area contributed by atoms with Crippen LogP contribution >= 0.6 is 0 Å². The smallest absolute Gasteiger partial charge is 0.344 e. The van der Waals surface area contributed by atoms with Gasteiger partial charge in [-0.25, -0.2) is 4.79 Å². The van der Waals surface area contributed by atoms with E-state index in [1.54, 1.807) is 13.0 Å². The van der Waals surface area contributed by atoms with Crippen LogP contribution in [0.25, 0.3) is 0 Å². The van der Waals surface area contributed by atoms with Crippen LogP contribution in [0.5, 0.6) is 5.75 Å². The van der Waals surface area contributed by atoms with Crippen molar-refractivity contribution in [2.45, 2.75) is 38.3 Å². The average molecular weight is 235 g/mol. The Labute approximate surface area is 100 Å². The van der Waals surface area contributed by atoms with Crippen LogP contribution in [0.3, 0.4) is 0 Å². The van der Waals surface area contributed by atoms with Crippen LogP contribution in [0.15, 0.2) is 18.2 Å². The van der Waals surface area contributed by atoms with Crippen molar-refractivity contribution < 1.29 is 14.6 Å². The van der Waals surface area contributed by atoms with Crippen LogP contribution in [0.1, 0.15) is 36.9 Å². The first-order valence-electron chi connectivity index (χ1n) is 5.89. The molecule has 1 aliphatic carbocycles. The van der Waals surface area contributed by atoms with E-state index in [0.29, 0.717) is 12.2 Å². The third-order valence-electron chi connectivity index (χ3n) is 3.16. The number of carboxylic acid groups (broad SMARTS) is 1. The summed E-state index contributed by atoms with van der Waals surface area (Å²) in [6.07, 6.45) is 1.57. The standard InChI is InChI=1S/C13H17NO3/c1-2-12(13(15)16)17-9-4-5-10-8(7-9)3-6-11(10)14/h4-5,7,11-12H,2-3,6,14H2,1H3,(H,15,16)/t11-,12?/m1/s1. The largest absolute Gasteiger partial charge is 0.479 e. The molecular weight excluding hydrogens is 218 g/mol. The van der Waals surface area contributed by atoms with Gasteiger partial charge in [0, 0.05) is 6.04 Å². The molecule has 4 nitrogen and oxygen atoms in total. The van der Waals surface area contributed by atoms with E-state index < -0.39 is 12.1 Å². The lowest BCUT2D eigenvalue weighted by atomic mass is 10.1. The third kappa shape index (κ3) is 2.42. The second kappa shape index (κ2) is 4.75. The Kier molecular flexibility index (Phi) is 3.33. The SMILES string of the molecule is CCC(Oc1ccc2c(c1)CC[C@H]2N)C(=O)O. The van der Waals surface area contributed by atoms with Gasteiger partial charge in [-0.3, -0.25) is 0 Å². The highest BCUT2D eigenvalue weighted by Crippen LogP contribution is 2.32. The van der Waals surface area contributed by atoms with Crippen molar-refractivity contribution in [1.82, 2.24) is 0 Å². The fraction of sp³-hybridized carbons (Fsp3) is 0.462. The Morgan fingerprint density at radius 3 is 3.06 bits per heavy atom. The summed E-state index contributed by atoms with van der Waals surface area (Å²) in [6.45, 7) is 1.79. The van der Waals surface area contributed by atoms with Crippen molar-refractivity contribution in [3.8, 4) is 5.75 Å². The number of hydrogen-bond acceptors (Lipinski definition) is 3. The number of benzene rings is 1. The van der Waals surface area contributed by atoms with Crippen molar-refractivity contribution in [2.24, 2.45) is 5.73 Å². The van der Waals surface area contributed by atoms with Gasteiger partial charge in [0.2, 0.25) is 0 Å². The molecule has 2 atom stereocenters. The molecule has 4 heteroatoms. The topological polar surface area (TPSA) is 72.5 Å². The predicted octanol–water partition coefficient (Wildman–Crippen LogP) is 1.87. The molecule has 0 aromatic heterocycles. The Bertz CT molecular complexity index is 431. The normalized spacial score (nSPS) is 19.8. The Hall–Kier alpha value is -1.55. The number of nitrogens with two attached hydrogens (primary N) is 1. The van der Waals surface area contributed by atoms with Gasteiger partial charge in [-0.05, 0) is 42.5 Å². The molecule has 1 aromatic carbocycles. The summed E-state index contributed by atoms with van der Waals surface area (Å²) < 4.78 is 5.45. The van der Waals surface area contributed by atoms with Crippen LogP contribution < -0.4 is 10.5 Å².